The largest absolute Gasteiger partial charge is 0.394 e. The van der Waals surface area contributed by atoms with Crippen LogP contribution in [0.25, 0.3) is 0 Å². The van der Waals surface area contributed by atoms with Crippen LogP contribution < -0.4 is 5.32 Å². The van der Waals surface area contributed by atoms with Gasteiger partial charge in [-0.25, -0.2) is 0 Å². The number of amides is 1. The van der Waals surface area contributed by atoms with E-state index in [-0.39, 0.29) is 12.5 Å². The Hall–Kier alpha value is -1.13. The van der Waals surface area contributed by atoms with Crippen molar-refractivity contribution < 1.29 is 15.0 Å². The maximum atomic E-state index is 12.3. The minimum atomic E-state index is -0.837. The highest BCUT2D eigenvalue weighted by molar-refractivity contribution is 5.76. The molecule has 0 heterocycles. The molecule has 0 saturated carbocycles. The van der Waals surface area contributed by atoms with E-state index in [2.05, 4.69) is 31.3 Å². The van der Waals surface area contributed by atoms with Gasteiger partial charge in [0.1, 0.15) is 0 Å². The topological polar surface area (TPSA) is 69.6 Å². The van der Waals surface area contributed by atoms with Crippen LogP contribution in [-0.4, -0.2) is 34.9 Å². The maximum Gasteiger partial charge on any atom is 0.220 e. The Morgan fingerprint density at radius 1 is 0.511 bits per heavy atom. The molecule has 4 nitrogen and oxygen atoms in total. The van der Waals surface area contributed by atoms with Crippen LogP contribution in [0, 0.1) is 0 Å². The third-order valence-corrected chi connectivity index (χ3v) is 9.18. The Kier molecular flexibility index (Phi) is 36.4. The first-order valence-corrected chi connectivity index (χ1v) is 20.1. The van der Waals surface area contributed by atoms with Crippen molar-refractivity contribution >= 4 is 5.91 Å². The molecule has 0 aromatic carbocycles. The number of hydrogen-bond donors (Lipinski definition) is 3. The van der Waals surface area contributed by atoms with Crippen LogP contribution in [0.1, 0.15) is 213 Å². The summed E-state index contributed by atoms with van der Waals surface area (Å²) in [5.74, 6) is -0.0683. The smallest absolute Gasteiger partial charge is 0.220 e. The van der Waals surface area contributed by atoms with E-state index >= 15 is 0 Å². The molecule has 0 saturated heterocycles. The molecular formula is C41H79NO3. The molecule has 0 bridgehead atoms. The van der Waals surface area contributed by atoms with Crippen LogP contribution >= 0.6 is 0 Å². The van der Waals surface area contributed by atoms with Gasteiger partial charge in [-0.15, -0.1) is 0 Å². The summed E-state index contributed by atoms with van der Waals surface area (Å²) in [5, 5.41) is 22.9. The quantitative estimate of drug-likeness (QED) is 0.0475. The molecule has 1 amide bonds. The van der Waals surface area contributed by atoms with E-state index in [1.165, 1.54) is 167 Å². The Balaban J connectivity index is 3.60. The van der Waals surface area contributed by atoms with Crippen molar-refractivity contribution in [1.29, 1.82) is 0 Å². The normalized spacial score (nSPS) is 13.2. The van der Waals surface area contributed by atoms with Gasteiger partial charge < -0.3 is 15.5 Å². The minimum Gasteiger partial charge on any atom is -0.394 e. The second-order valence-corrected chi connectivity index (χ2v) is 13.7. The van der Waals surface area contributed by atoms with Crippen molar-refractivity contribution in [2.24, 2.45) is 0 Å². The zero-order valence-corrected chi connectivity index (χ0v) is 30.4. The number of allylic oxidation sites excluding steroid dienone is 3. The SMILES string of the molecule is CCCCCCCC/C=C\CCCCCCCCCC(=O)NC(CO)C(O)/C=C/CCCCCCCCCCCCCCCC. The van der Waals surface area contributed by atoms with Gasteiger partial charge in [-0.2, -0.15) is 0 Å². The fraction of sp³-hybridized carbons (Fsp3) is 0.878. The molecule has 0 spiro atoms. The van der Waals surface area contributed by atoms with Gasteiger partial charge in [0.2, 0.25) is 5.91 Å². The Morgan fingerprint density at radius 3 is 1.22 bits per heavy atom. The average Bonchev–Trinajstić information content (AvgIpc) is 3.04. The van der Waals surface area contributed by atoms with E-state index in [1.54, 1.807) is 6.08 Å². The molecule has 3 N–H and O–H groups in total. The number of nitrogens with one attached hydrogen (secondary N) is 1. The number of unbranched alkanes of at least 4 members (excludes halogenated alkanes) is 27. The van der Waals surface area contributed by atoms with Gasteiger partial charge in [-0.05, 0) is 44.9 Å². The van der Waals surface area contributed by atoms with E-state index in [0.717, 1.165) is 25.7 Å². The summed E-state index contributed by atoms with van der Waals surface area (Å²) in [6.07, 6.45) is 46.9. The van der Waals surface area contributed by atoms with E-state index in [4.69, 9.17) is 0 Å². The third kappa shape index (κ3) is 34.0. The molecule has 0 aliphatic carbocycles. The fourth-order valence-electron chi connectivity index (χ4n) is 6.05. The first kappa shape index (κ1) is 43.9. The Labute approximate surface area is 281 Å². The lowest BCUT2D eigenvalue weighted by atomic mass is 10.0. The highest BCUT2D eigenvalue weighted by atomic mass is 16.3. The summed E-state index contributed by atoms with van der Waals surface area (Å²) < 4.78 is 0. The summed E-state index contributed by atoms with van der Waals surface area (Å²) in [4.78, 5) is 12.3. The van der Waals surface area contributed by atoms with Gasteiger partial charge in [-0.3, -0.25) is 4.79 Å². The van der Waals surface area contributed by atoms with E-state index in [1.807, 2.05) is 6.08 Å². The summed E-state index contributed by atoms with van der Waals surface area (Å²) in [6.45, 7) is 4.30. The predicted octanol–water partition coefficient (Wildman–Crippen LogP) is 12.1. The minimum absolute atomic E-state index is 0.0683. The first-order valence-electron chi connectivity index (χ1n) is 20.1. The molecule has 45 heavy (non-hydrogen) atoms. The van der Waals surface area contributed by atoms with Crippen molar-refractivity contribution in [3.05, 3.63) is 24.3 Å². The molecule has 0 aromatic heterocycles. The van der Waals surface area contributed by atoms with E-state index < -0.39 is 12.1 Å². The summed E-state index contributed by atoms with van der Waals surface area (Å²) in [7, 11) is 0. The second-order valence-electron chi connectivity index (χ2n) is 13.7. The van der Waals surface area contributed by atoms with Crippen LogP contribution in [0.5, 0.6) is 0 Å². The molecule has 4 heteroatoms. The number of rotatable bonds is 36. The van der Waals surface area contributed by atoms with E-state index in [0.29, 0.717) is 6.42 Å². The highest BCUT2D eigenvalue weighted by Crippen LogP contribution is 2.14. The molecule has 0 aromatic rings. The average molecular weight is 634 g/mol. The van der Waals surface area contributed by atoms with Crippen molar-refractivity contribution in [2.45, 2.75) is 225 Å². The third-order valence-electron chi connectivity index (χ3n) is 9.18. The summed E-state index contributed by atoms with van der Waals surface area (Å²) >= 11 is 0. The molecule has 2 atom stereocenters. The molecule has 0 aliphatic heterocycles. The maximum absolute atomic E-state index is 12.3. The molecule has 0 rings (SSSR count). The zero-order valence-electron chi connectivity index (χ0n) is 30.4. The van der Waals surface area contributed by atoms with Crippen molar-refractivity contribution in [2.75, 3.05) is 6.61 Å². The lowest BCUT2D eigenvalue weighted by Crippen LogP contribution is -2.45. The number of hydrogen-bond acceptors (Lipinski definition) is 3. The van der Waals surface area contributed by atoms with Crippen LogP contribution in [0.4, 0.5) is 0 Å². The van der Waals surface area contributed by atoms with Crippen molar-refractivity contribution in [3.8, 4) is 0 Å². The van der Waals surface area contributed by atoms with Crippen LogP contribution in [0.15, 0.2) is 24.3 Å². The number of carbonyl (C=O) groups is 1. The molecule has 0 radical (unpaired) electrons. The molecular weight excluding hydrogens is 554 g/mol. The predicted molar refractivity (Wildman–Crippen MR) is 198 cm³/mol. The second kappa shape index (κ2) is 37.3. The van der Waals surface area contributed by atoms with Crippen molar-refractivity contribution in [1.82, 2.24) is 5.32 Å². The number of carbonyl (C=O) groups excluding carboxylic acids is 1. The van der Waals surface area contributed by atoms with E-state index in [9.17, 15) is 15.0 Å². The molecule has 0 aliphatic rings. The van der Waals surface area contributed by atoms with Gasteiger partial charge in [0.05, 0.1) is 18.8 Å². The van der Waals surface area contributed by atoms with Gasteiger partial charge in [0, 0.05) is 6.42 Å². The van der Waals surface area contributed by atoms with Gasteiger partial charge in [0.25, 0.3) is 0 Å². The monoisotopic (exact) mass is 634 g/mol. The van der Waals surface area contributed by atoms with Crippen LogP contribution in [0.2, 0.25) is 0 Å². The Bertz CT molecular complexity index is 647. The number of aliphatic hydroxyl groups is 2. The fourth-order valence-corrected chi connectivity index (χ4v) is 6.05. The summed E-state index contributed by atoms with van der Waals surface area (Å²) in [5.41, 5.74) is 0. The van der Waals surface area contributed by atoms with Gasteiger partial charge in [-0.1, -0.05) is 186 Å². The number of aliphatic hydroxyl groups excluding tert-OH is 2. The van der Waals surface area contributed by atoms with Gasteiger partial charge >= 0.3 is 0 Å². The standard InChI is InChI=1S/C41H79NO3/c1-3-5-7-9-11-13-15-17-19-21-23-25-27-29-31-33-35-37-41(45)42-39(38-43)40(44)36-34-32-30-28-26-24-22-20-18-16-14-12-10-8-6-4-2/h17,19,34,36,39-40,43-44H,3-16,18,20-33,35,37-38H2,1-2H3,(H,42,45)/b19-17-,36-34+. The van der Waals surface area contributed by atoms with Crippen molar-refractivity contribution in [3.63, 3.8) is 0 Å². The highest BCUT2D eigenvalue weighted by Gasteiger charge is 2.17. The summed E-state index contributed by atoms with van der Waals surface area (Å²) in [6, 6.07) is -0.620. The van der Waals surface area contributed by atoms with Crippen LogP contribution in [-0.2, 0) is 4.79 Å². The lowest BCUT2D eigenvalue weighted by molar-refractivity contribution is -0.123. The molecule has 266 valence electrons. The molecule has 2 unspecified atom stereocenters. The van der Waals surface area contributed by atoms with Crippen LogP contribution in [0.3, 0.4) is 0 Å². The molecule has 0 fully saturated rings. The Morgan fingerprint density at radius 2 is 0.844 bits per heavy atom. The van der Waals surface area contributed by atoms with Gasteiger partial charge in [0.15, 0.2) is 0 Å². The lowest BCUT2D eigenvalue weighted by Gasteiger charge is -2.20. The first-order chi connectivity index (χ1) is 22.2. The zero-order chi connectivity index (χ0) is 32.9.